The van der Waals surface area contributed by atoms with Crippen molar-refractivity contribution in [1.29, 1.82) is 0 Å². The molecule has 0 unspecified atom stereocenters. The standard InChI is InChI=1S/C33H43N3O4S/c1-8-26(6)34-33(38)30(9-2)35(21-28-17-13-23(3)14-18-28)32(37)22-36(31-12-10-11-25(5)27(31)7)41(39,40)29-19-15-24(4)16-20-29/h10-20,26,30H,8-9,21-22H2,1-7H3,(H,34,38)/t26-,30+/m0/s1. The number of amides is 2. The number of sulfonamides is 1. The molecule has 3 aromatic rings. The first-order valence-electron chi connectivity index (χ1n) is 14.2. The van der Waals surface area contributed by atoms with E-state index in [1.54, 1.807) is 36.4 Å². The van der Waals surface area contributed by atoms with Crippen molar-refractivity contribution in [1.82, 2.24) is 10.2 Å². The average Bonchev–Trinajstić information content (AvgIpc) is 2.94. The van der Waals surface area contributed by atoms with Crippen LogP contribution in [0.4, 0.5) is 5.69 Å². The summed E-state index contributed by atoms with van der Waals surface area (Å²) in [6.07, 6.45) is 1.14. The number of rotatable bonds is 12. The van der Waals surface area contributed by atoms with Crippen molar-refractivity contribution < 1.29 is 18.0 Å². The highest BCUT2D eigenvalue weighted by Crippen LogP contribution is 2.29. The van der Waals surface area contributed by atoms with Gasteiger partial charge in [-0.2, -0.15) is 0 Å². The first-order chi connectivity index (χ1) is 19.4. The third-order valence-corrected chi connectivity index (χ3v) is 9.37. The van der Waals surface area contributed by atoms with Gasteiger partial charge in [-0.1, -0.05) is 73.5 Å². The maximum atomic E-state index is 14.2. The van der Waals surface area contributed by atoms with E-state index in [-0.39, 0.29) is 23.4 Å². The lowest BCUT2D eigenvalue weighted by atomic mass is 10.1. The molecule has 220 valence electrons. The topological polar surface area (TPSA) is 86.8 Å². The van der Waals surface area contributed by atoms with Gasteiger partial charge in [-0.05, 0) is 82.3 Å². The Kier molecular flexibility index (Phi) is 10.7. The van der Waals surface area contributed by atoms with Crippen LogP contribution >= 0.6 is 0 Å². The van der Waals surface area contributed by atoms with Crippen LogP contribution in [0.15, 0.2) is 71.6 Å². The van der Waals surface area contributed by atoms with Crippen molar-refractivity contribution in [3.63, 3.8) is 0 Å². The Bertz CT molecular complexity index is 1450. The van der Waals surface area contributed by atoms with Crippen LogP contribution in [0.3, 0.4) is 0 Å². The summed E-state index contributed by atoms with van der Waals surface area (Å²) in [6.45, 7) is 13.1. The molecule has 3 aromatic carbocycles. The molecule has 0 aromatic heterocycles. The van der Waals surface area contributed by atoms with Gasteiger partial charge in [0.25, 0.3) is 10.0 Å². The molecule has 0 spiro atoms. The molecular weight excluding hydrogens is 534 g/mol. The van der Waals surface area contributed by atoms with E-state index in [9.17, 15) is 18.0 Å². The molecule has 0 aliphatic carbocycles. The Morgan fingerprint density at radius 3 is 1.98 bits per heavy atom. The zero-order valence-corrected chi connectivity index (χ0v) is 26.1. The highest BCUT2D eigenvalue weighted by atomic mass is 32.2. The maximum absolute atomic E-state index is 14.2. The zero-order valence-electron chi connectivity index (χ0n) is 25.3. The molecular formula is C33H43N3O4S. The summed E-state index contributed by atoms with van der Waals surface area (Å²) in [6, 6.07) is 19.0. The van der Waals surface area contributed by atoms with Gasteiger partial charge >= 0.3 is 0 Å². The third-order valence-electron chi connectivity index (χ3n) is 7.59. The van der Waals surface area contributed by atoms with Crippen LogP contribution in [0.25, 0.3) is 0 Å². The van der Waals surface area contributed by atoms with Crippen molar-refractivity contribution in [2.24, 2.45) is 0 Å². The predicted molar refractivity (Wildman–Crippen MR) is 165 cm³/mol. The van der Waals surface area contributed by atoms with E-state index in [1.807, 2.05) is 78.8 Å². The van der Waals surface area contributed by atoms with Crippen molar-refractivity contribution >= 4 is 27.5 Å². The lowest BCUT2D eigenvalue weighted by Crippen LogP contribution is -2.53. The minimum Gasteiger partial charge on any atom is -0.352 e. The van der Waals surface area contributed by atoms with Crippen LogP contribution < -0.4 is 9.62 Å². The van der Waals surface area contributed by atoms with Gasteiger partial charge < -0.3 is 10.2 Å². The molecule has 7 nitrogen and oxygen atoms in total. The fourth-order valence-corrected chi connectivity index (χ4v) is 6.08. The van der Waals surface area contributed by atoms with Crippen molar-refractivity contribution in [2.45, 2.75) is 84.8 Å². The molecule has 0 heterocycles. The van der Waals surface area contributed by atoms with Gasteiger partial charge in [-0.3, -0.25) is 13.9 Å². The van der Waals surface area contributed by atoms with Gasteiger partial charge in [0.2, 0.25) is 11.8 Å². The van der Waals surface area contributed by atoms with E-state index in [2.05, 4.69) is 5.32 Å². The molecule has 0 aliphatic heterocycles. The van der Waals surface area contributed by atoms with Crippen LogP contribution in [-0.2, 0) is 26.2 Å². The summed E-state index contributed by atoms with van der Waals surface area (Å²) in [5.41, 5.74) is 4.99. The lowest BCUT2D eigenvalue weighted by molar-refractivity contribution is -0.140. The molecule has 0 bridgehead atoms. The summed E-state index contributed by atoms with van der Waals surface area (Å²) in [5, 5.41) is 3.01. The number of nitrogens with one attached hydrogen (secondary N) is 1. The predicted octanol–water partition coefficient (Wildman–Crippen LogP) is 5.84. The molecule has 0 saturated carbocycles. The van der Waals surface area contributed by atoms with E-state index in [0.717, 1.165) is 34.2 Å². The van der Waals surface area contributed by atoms with Crippen LogP contribution in [0, 0.1) is 27.7 Å². The van der Waals surface area contributed by atoms with Crippen molar-refractivity contribution in [3.05, 3.63) is 94.5 Å². The van der Waals surface area contributed by atoms with E-state index >= 15 is 0 Å². The minimum absolute atomic E-state index is 0.0544. The number of benzene rings is 3. The average molecular weight is 578 g/mol. The molecule has 0 aliphatic rings. The Morgan fingerprint density at radius 1 is 0.829 bits per heavy atom. The Morgan fingerprint density at radius 2 is 1.41 bits per heavy atom. The normalized spacial score (nSPS) is 12.9. The monoisotopic (exact) mass is 577 g/mol. The Hall–Kier alpha value is -3.65. The van der Waals surface area contributed by atoms with Gasteiger partial charge in [0.15, 0.2) is 0 Å². The second-order valence-electron chi connectivity index (χ2n) is 10.8. The highest BCUT2D eigenvalue weighted by molar-refractivity contribution is 7.92. The summed E-state index contributed by atoms with van der Waals surface area (Å²) < 4.78 is 29.4. The molecule has 0 fully saturated rings. The Labute approximate surface area is 245 Å². The van der Waals surface area contributed by atoms with Crippen LogP contribution in [0.5, 0.6) is 0 Å². The van der Waals surface area contributed by atoms with Crippen LogP contribution in [-0.4, -0.2) is 43.8 Å². The number of carbonyl (C=O) groups excluding carboxylic acids is 2. The Balaban J connectivity index is 2.10. The molecule has 3 rings (SSSR count). The summed E-state index contributed by atoms with van der Waals surface area (Å²) in [5.74, 6) is -0.699. The van der Waals surface area contributed by atoms with Crippen molar-refractivity contribution in [3.8, 4) is 0 Å². The molecule has 8 heteroatoms. The van der Waals surface area contributed by atoms with Gasteiger partial charge in [0, 0.05) is 12.6 Å². The maximum Gasteiger partial charge on any atom is 0.264 e. The fraction of sp³-hybridized carbons (Fsp3) is 0.394. The molecule has 2 amide bonds. The number of carbonyl (C=O) groups is 2. The van der Waals surface area contributed by atoms with Gasteiger partial charge in [0.05, 0.1) is 10.6 Å². The van der Waals surface area contributed by atoms with Gasteiger partial charge in [-0.25, -0.2) is 8.42 Å². The number of nitrogens with zero attached hydrogens (tertiary/aromatic N) is 2. The van der Waals surface area contributed by atoms with Crippen LogP contribution in [0.2, 0.25) is 0 Å². The zero-order chi connectivity index (χ0) is 30.3. The molecule has 0 radical (unpaired) electrons. The molecule has 41 heavy (non-hydrogen) atoms. The first kappa shape index (κ1) is 31.9. The van der Waals surface area contributed by atoms with E-state index in [1.165, 1.54) is 9.21 Å². The van der Waals surface area contributed by atoms with Crippen molar-refractivity contribution in [2.75, 3.05) is 10.8 Å². The van der Waals surface area contributed by atoms with E-state index in [4.69, 9.17) is 0 Å². The number of hydrogen-bond acceptors (Lipinski definition) is 4. The first-order valence-corrected chi connectivity index (χ1v) is 15.6. The second kappa shape index (κ2) is 13.8. The highest BCUT2D eigenvalue weighted by Gasteiger charge is 2.34. The summed E-state index contributed by atoms with van der Waals surface area (Å²) in [4.78, 5) is 29.2. The number of hydrogen-bond donors (Lipinski definition) is 1. The summed E-state index contributed by atoms with van der Waals surface area (Å²) in [7, 11) is -4.11. The number of anilines is 1. The lowest BCUT2D eigenvalue weighted by Gasteiger charge is -2.34. The van der Waals surface area contributed by atoms with Gasteiger partial charge in [0.1, 0.15) is 12.6 Å². The van der Waals surface area contributed by atoms with Crippen LogP contribution in [0.1, 0.15) is 61.4 Å². The van der Waals surface area contributed by atoms with E-state index in [0.29, 0.717) is 12.1 Å². The summed E-state index contributed by atoms with van der Waals surface area (Å²) >= 11 is 0. The fourth-order valence-electron chi connectivity index (χ4n) is 4.61. The van der Waals surface area contributed by atoms with Gasteiger partial charge in [-0.15, -0.1) is 0 Å². The SMILES string of the molecule is CC[C@H](C(=O)N[C@@H](C)CC)N(Cc1ccc(C)cc1)C(=O)CN(c1cccc(C)c1C)S(=O)(=O)c1ccc(C)cc1. The third kappa shape index (κ3) is 7.76. The largest absolute Gasteiger partial charge is 0.352 e. The minimum atomic E-state index is -4.11. The smallest absolute Gasteiger partial charge is 0.264 e. The van der Waals surface area contributed by atoms with E-state index < -0.39 is 28.5 Å². The molecule has 0 saturated heterocycles. The molecule has 2 atom stereocenters. The molecule has 1 N–H and O–H groups in total. The second-order valence-corrected chi connectivity index (χ2v) is 12.7. The quantitative estimate of drug-likeness (QED) is 0.293. The number of aryl methyl sites for hydroxylation is 3.